The molecule has 0 N–H and O–H groups in total. The van der Waals surface area contributed by atoms with Gasteiger partial charge in [0.05, 0.1) is 13.2 Å². The van der Waals surface area contributed by atoms with E-state index in [9.17, 15) is 4.79 Å². The number of amides is 1. The molecule has 0 unspecified atom stereocenters. The van der Waals surface area contributed by atoms with Crippen molar-refractivity contribution in [3.05, 3.63) is 41.2 Å². The molecule has 0 spiro atoms. The van der Waals surface area contributed by atoms with E-state index in [4.69, 9.17) is 9.15 Å². The topological polar surface area (TPSA) is 42.7 Å². The molecule has 3 rings (SSSR count). The number of rotatable bonds is 5. The highest BCUT2D eigenvalue weighted by Gasteiger charge is 2.19. The molecule has 1 amide bonds. The summed E-state index contributed by atoms with van der Waals surface area (Å²) in [6.07, 6.45) is 5.09. The summed E-state index contributed by atoms with van der Waals surface area (Å²) in [5.74, 6) is 1.07. The Morgan fingerprint density at radius 3 is 2.75 bits per heavy atom. The molecule has 1 aromatic heterocycles. The first-order valence-corrected chi connectivity index (χ1v) is 8.76. The first-order chi connectivity index (χ1) is 11.7. The van der Waals surface area contributed by atoms with Crippen molar-refractivity contribution in [3.8, 4) is 0 Å². The maximum atomic E-state index is 12.7. The van der Waals surface area contributed by atoms with E-state index >= 15 is 0 Å². The fourth-order valence-electron chi connectivity index (χ4n) is 3.09. The average molecular weight is 327 g/mol. The number of carbonyl (C=O) groups excluding carboxylic acids is 1. The lowest BCUT2D eigenvalue weighted by atomic mass is 10.0. The van der Waals surface area contributed by atoms with Crippen LogP contribution in [-0.2, 0) is 16.0 Å². The van der Waals surface area contributed by atoms with Crippen LogP contribution in [0, 0.1) is 0 Å². The van der Waals surface area contributed by atoms with Crippen molar-refractivity contribution >= 4 is 23.0 Å². The fourth-order valence-corrected chi connectivity index (χ4v) is 3.09. The molecule has 4 nitrogen and oxygen atoms in total. The maximum absolute atomic E-state index is 12.7. The highest BCUT2D eigenvalue weighted by Crippen LogP contribution is 2.29. The lowest BCUT2D eigenvalue weighted by Crippen LogP contribution is -2.41. The standard InChI is InChI=1S/C20H25NO3/c1-3-4-8-19-17(16-7-5-6-9-18(16)24-19)14-15(2)20(22)21-10-12-23-13-11-21/h5-7,9,14H,3-4,8,10-13H2,1-2H3/b15-14+. The van der Waals surface area contributed by atoms with Crippen LogP contribution in [0.5, 0.6) is 0 Å². The van der Waals surface area contributed by atoms with Gasteiger partial charge < -0.3 is 14.1 Å². The summed E-state index contributed by atoms with van der Waals surface area (Å²) in [7, 11) is 0. The maximum Gasteiger partial charge on any atom is 0.249 e. The van der Waals surface area contributed by atoms with Crippen LogP contribution in [0.3, 0.4) is 0 Å². The molecule has 2 aromatic rings. The molecule has 1 aliphatic heterocycles. The summed E-state index contributed by atoms with van der Waals surface area (Å²) < 4.78 is 11.4. The van der Waals surface area contributed by atoms with Gasteiger partial charge in [-0.05, 0) is 25.5 Å². The van der Waals surface area contributed by atoms with Crippen molar-refractivity contribution in [2.24, 2.45) is 0 Å². The van der Waals surface area contributed by atoms with Gasteiger partial charge in [-0.15, -0.1) is 0 Å². The molecule has 0 bridgehead atoms. The predicted octanol–water partition coefficient (Wildman–Crippen LogP) is 4.04. The van der Waals surface area contributed by atoms with Gasteiger partial charge in [-0.1, -0.05) is 31.5 Å². The Kier molecular flexibility index (Phi) is 5.36. The van der Waals surface area contributed by atoms with Gasteiger partial charge in [-0.25, -0.2) is 0 Å². The molecular weight excluding hydrogens is 302 g/mol. The minimum Gasteiger partial charge on any atom is -0.460 e. The van der Waals surface area contributed by atoms with E-state index in [0.717, 1.165) is 47.1 Å². The normalized spacial score (nSPS) is 15.9. The Balaban J connectivity index is 1.92. The number of para-hydroxylation sites is 1. The zero-order valence-corrected chi connectivity index (χ0v) is 14.5. The van der Waals surface area contributed by atoms with Gasteiger partial charge in [0, 0.05) is 36.0 Å². The predicted molar refractivity (Wildman–Crippen MR) is 95.9 cm³/mol. The Morgan fingerprint density at radius 1 is 1.25 bits per heavy atom. The van der Waals surface area contributed by atoms with Gasteiger partial charge in [-0.2, -0.15) is 0 Å². The van der Waals surface area contributed by atoms with Crippen molar-refractivity contribution in [2.45, 2.75) is 33.1 Å². The van der Waals surface area contributed by atoms with Crippen LogP contribution < -0.4 is 0 Å². The Labute approximate surface area is 143 Å². The first-order valence-electron chi connectivity index (χ1n) is 8.76. The van der Waals surface area contributed by atoms with Gasteiger partial charge in [0.2, 0.25) is 5.91 Å². The molecule has 0 atom stereocenters. The van der Waals surface area contributed by atoms with Crippen LogP contribution in [0.1, 0.15) is 38.0 Å². The van der Waals surface area contributed by atoms with Crippen LogP contribution in [0.2, 0.25) is 0 Å². The number of aryl methyl sites for hydroxylation is 1. The van der Waals surface area contributed by atoms with Crippen LogP contribution in [0.15, 0.2) is 34.3 Å². The van der Waals surface area contributed by atoms with Crippen molar-refractivity contribution in [2.75, 3.05) is 26.3 Å². The number of morpholine rings is 1. The summed E-state index contributed by atoms with van der Waals surface area (Å²) in [5.41, 5.74) is 2.70. The Bertz CT molecular complexity index is 738. The van der Waals surface area contributed by atoms with Gasteiger partial charge in [-0.3, -0.25) is 4.79 Å². The second-order valence-corrected chi connectivity index (χ2v) is 6.27. The van der Waals surface area contributed by atoms with E-state index in [2.05, 4.69) is 13.0 Å². The third-order valence-electron chi connectivity index (χ3n) is 4.46. The molecule has 1 aliphatic rings. The number of hydrogen-bond acceptors (Lipinski definition) is 3. The number of ether oxygens (including phenoxy) is 1. The molecule has 1 saturated heterocycles. The monoisotopic (exact) mass is 327 g/mol. The minimum atomic E-state index is 0.0880. The lowest BCUT2D eigenvalue weighted by Gasteiger charge is -2.27. The van der Waals surface area contributed by atoms with E-state index in [1.54, 1.807) is 0 Å². The third-order valence-corrected chi connectivity index (χ3v) is 4.46. The molecule has 0 radical (unpaired) electrons. The fraction of sp³-hybridized carbons (Fsp3) is 0.450. The SMILES string of the molecule is CCCCc1oc2ccccc2c1/C=C(\C)C(=O)N1CCOCC1. The van der Waals surface area contributed by atoms with Crippen LogP contribution >= 0.6 is 0 Å². The quantitative estimate of drug-likeness (QED) is 0.779. The summed E-state index contributed by atoms with van der Waals surface area (Å²) in [5, 5.41) is 1.08. The number of benzene rings is 1. The van der Waals surface area contributed by atoms with Crippen molar-refractivity contribution in [1.82, 2.24) is 4.90 Å². The summed E-state index contributed by atoms with van der Waals surface area (Å²) in [4.78, 5) is 14.5. The van der Waals surface area contributed by atoms with E-state index < -0.39 is 0 Å². The summed E-state index contributed by atoms with van der Waals surface area (Å²) in [6.45, 7) is 6.64. The molecule has 1 fully saturated rings. The first kappa shape index (κ1) is 16.8. The van der Waals surface area contributed by atoms with Gasteiger partial charge in [0.25, 0.3) is 0 Å². The van der Waals surface area contributed by atoms with E-state index in [-0.39, 0.29) is 5.91 Å². The lowest BCUT2D eigenvalue weighted by molar-refractivity contribution is -0.130. The molecular formula is C20H25NO3. The Hall–Kier alpha value is -2.07. The molecule has 2 heterocycles. The number of nitrogens with zero attached hydrogens (tertiary/aromatic N) is 1. The van der Waals surface area contributed by atoms with E-state index in [1.165, 1.54) is 0 Å². The Morgan fingerprint density at radius 2 is 2.00 bits per heavy atom. The highest BCUT2D eigenvalue weighted by atomic mass is 16.5. The number of furan rings is 1. The van der Waals surface area contributed by atoms with Crippen molar-refractivity contribution < 1.29 is 13.9 Å². The second-order valence-electron chi connectivity index (χ2n) is 6.27. The van der Waals surface area contributed by atoms with Gasteiger partial charge >= 0.3 is 0 Å². The van der Waals surface area contributed by atoms with Crippen LogP contribution in [0.4, 0.5) is 0 Å². The number of carbonyl (C=O) groups is 1. The summed E-state index contributed by atoms with van der Waals surface area (Å²) >= 11 is 0. The number of hydrogen-bond donors (Lipinski definition) is 0. The number of fused-ring (bicyclic) bond motifs is 1. The van der Waals surface area contributed by atoms with Gasteiger partial charge in [0.1, 0.15) is 11.3 Å². The third kappa shape index (κ3) is 3.54. The average Bonchev–Trinajstić information content (AvgIpc) is 2.97. The van der Waals surface area contributed by atoms with Crippen molar-refractivity contribution in [3.63, 3.8) is 0 Å². The molecule has 4 heteroatoms. The van der Waals surface area contributed by atoms with E-state index in [1.807, 2.05) is 36.1 Å². The highest BCUT2D eigenvalue weighted by molar-refractivity contribution is 6.00. The zero-order valence-electron chi connectivity index (χ0n) is 14.5. The molecule has 0 saturated carbocycles. The molecule has 128 valence electrons. The van der Waals surface area contributed by atoms with Gasteiger partial charge in [0.15, 0.2) is 0 Å². The largest absolute Gasteiger partial charge is 0.460 e. The van der Waals surface area contributed by atoms with Crippen LogP contribution in [0.25, 0.3) is 17.0 Å². The molecule has 0 aliphatic carbocycles. The second kappa shape index (κ2) is 7.67. The zero-order chi connectivity index (χ0) is 16.9. The van der Waals surface area contributed by atoms with Crippen molar-refractivity contribution in [1.29, 1.82) is 0 Å². The van der Waals surface area contributed by atoms with E-state index in [0.29, 0.717) is 26.3 Å². The number of unbranched alkanes of at least 4 members (excludes halogenated alkanes) is 1. The smallest absolute Gasteiger partial charge is 0.249 e. The summed E-state index contributed by atoms with van der Waals surface area (Å²) in [6, 6.07) is 8.04. The molecule has 1 aromatic carbocycles. The van der Waals surface area contributed by atoms with Crippen LogP contribution in [-0.4, -0.2) is 37.1 Å². The molecule has 24 heavy (non-hydrogen) atoms. The minimum absolute atomic E-state index is 0.0880.